The predicted octanol–water partition coefficient (Wildman–Crippen LogP) is 1.99. The molecule has 5 heteroatoms. The third kappa shape index (κ3) is 4.20. The normalized spacial score (nSPS) is 11.1. The summed E-state index contributed by atoms with van der Waals surface area (Å²) in [7, 11) is -3.64. The Morgan fingerprint density at radius 2 is 2.06 bits per heavy atom. The van der Waals surface area contributed by atoms with Gasteiger partial charge in [-0.05, 0) is 50.6 Å². The maximum absolute atomic E-state index is 11.1. The number of hydrogen-bond acceptors (Lipinski definition) is 3. The Morgan fingerprint density at radius 3 is 2.53 bits per heavy atom. The van der Waals surface area contributed by atoms with Crippen molar-refractivity contribution in [2.75, 3.05) is 6.61 Å². The van der Waals surface area contributed by atoms with Gasteiger partial charge in [0.1, 0.15) is 12.4 Å². The molecule has 0 heterocycles. The van der Waals surface area contributed by atoms with Crippen LogP contribution in [0.2, 0.25) is 0 Å². The first-order valence-corrected chi connectivity index (χ1v) is 6.75. The first kappa shape index (κ1) is 13.7. The van der Waals surface area contributed by atoms with Gasteiger partial charge in [-0.25, -0.2) is 13.6 Å². The Bertz CT molecular complexity index is 529. The van der Waals surface area contributed by atoms with E-state index in [9.17, 15) is 8.42 Å². The second kappa shape index (κ2) is 5.33. The highest BCUT2D eigenvalue weighted by Crippen LogP contribution is 2.21. The van der Waals surface area contributed by atoms with E-state index in [1.807, 2.05) is 19.9 Å². The van der Waals surface area contributed by atoms with Gasteiger partial charge in [0.05, 0.1) is 4.90 Å². The van der Waals surface area contributed by atoms with E-state index in [-0.39, 0.29) is 4.90 Å². The summed E-state index contributed by atoms with van der Waals surface area (Å²) in [6.07, 6.45) is 1.95. The quantitative estimate of drug-likeness (QED) is 0.836. The SMILES string of the molecule is CC(C)=CCOc1ccc(S(N)(=O)=O)cc1C. The van der Waals surface area contributed by atoms with Crippen LogP contribution in [0.4, 0.5) is 0 Å². The van der Waals surface area contributed by atoms with Crippen LogP contribution in [-0.4, -0.2) is 15.0 Å². The maximum Gasteiger partial charge on any atom is 0.238 e. The fourth-order valence-electron chi connectivity index (χ4n) is 1.26. The van der Waals surface area contributed by atoms with Crippen LogP contribution >= 0.6 is 0 Å². The molecule has 1 aromatic rings. The van der Waals surface area contributed by atoms with Crippen LogP contribution in [0.3, 0.4) is 0 Å². The van der Waals surface area contributed by atoms with Crippen LogP contribution in [0.5, 0.6) is 5.75 Å². The first-order chi connectivity index (χ1) is 7.80. The number of allylic oxidation sites excluding steroid dienone is 1. The number of aryl methyl sites for hydroxylation is 1. The Balaban J connectivity index is 2.88. The van der Waals surface area contributed by atoms with E-state index in [0.29, 0.717) is 12.4 Å². The highest BCUT2D eigenvalue weighted by molar-refractivity contribution is 7.89. The highest BCUT2D eigenvalue weighted by Gasteiger charge is 2.09. The molecule has 0 aliphatic rings. The van der Waals surface area contributed by atoms with Gasteiger partial charge in [0.25, 0.3) is 0 Å². The molecule has 0 radical (unpaired) electrons. The molecular weight excluding hydrogens is 238 g/mol. The van der Waals surface area contributed by atoms with Gasteiger partial charge in [-0.1, -0.05) is 5.57 Å². The van der Waals surface area contributed by atoms with E-state index in [1.165, 1.54) is 17.7 Å². The topological polar surface area (TPSA) is 69.4 Å². The van der Waals surface area contributed by atoms with Crippen molar-refractivity contribution in [3.05, 3.63) is 35.4 Å². The Labute approximate surface area is 102 Å². The van der Waals surface area contributed by atoms with E-state index in [0.717, 1.165) is 5.56 Å². The standard InChI is InChI=1S/C12H17NO3S/c1-9(2)6-7-16-12-5-4-11(8-10(12)3)17(13,14)15/h4-6,8H,7H2,1-3H3,(H2,13,14,15). The average Bonchev–Trinajstić information content (AvgIpc) is 2.18. The minimum absolute atomic E-state index is 0.101. The highest BCUT2D eigenvalue weighted by atomic mass is 32.2. The molecule has 0 unspecified atom stereocenters. The molecular formula is C12H17NO3S. The van der Waals surface area contributed by atoms with Crippen LogP contribution in [0.25, 0.3) is 0 Å². The van der Waals surface area contributed by atoms with Crippen molar-refractivity contribution in [1.29, 1.82) is 0 Å². The van der Waals surface area contributed by atoms with Gasteiger partial charge >= 0.3 is 0 Å². The number of sulfonamides is 1. The number of benzene rings is 1. The molecule has 0 atom stereocenters. The lowest BCUT2D eigenvalue weighted by Crippen LogP contribution is -2.12. The van der Waals surface area contributed by atoms with Crippen molar-refractivity contribution in [3.63, 3.8) is 0 Å². The van der Waals surface area contributed by atoms with Crippen LogP contribution in [0.1, 0.15) is 19.4 Å². The smallest absolute Gasteiger partial charge is 0.238 e. The maximum atomic E-state index is 11.1. The van der Waals surface area contributed by atoms with Crippen LogP contribution in [0.15, 0.2) is 34.7 Å². The molecule has 1 aromatic carbocycles. The van der Waals surface area contributed by atoms with E-state index < -0.39 is 10.0 Å². The minimum Gasteiger partial charge on any atom is -0.489 e. The summed E-state index contributed by atoms with van der Waals surface area (Å²) >= 11 is 0. The van der Waals surface area contributed by atoms with Gasteiger partial charge in [-0.3, -0.25) is 0 Å². The van der Waals surface area contributed by atoms with Gasteiger partial charge in [0.15, 0.2) is 0 Å². The summed E-state index contributed by atoms with van der Waals surface area (Å²) in [6, 6.07) is 4.57. The van der Waals surface area contributed by atoms with Crippen LogP contribution < -0.4 is 9.88 Å². The fraction of sp³-hybridized carbons (Fsp3) is 0.333. The summed E-state index contributed by atoms with van der Waals surface area (Å²) < 4.78 is 27.8. The molecule has 17 heavy (non-hydrogen) atoms. The molecule has 94 valence electrons. The number of ether oxygens (including phenoxy) is 1. The lowest BCUT2D eigenvalue weighted by Gasteiger charge is -2.08. The lowest BCUT2D eigenvalue weighted by atomic mass is 10.2. The zero-order chi connectivity index (χ0) is 13.1. The van der Waals surface area contributed by atoms with Gasteiger partial charge in [0.2, 0.25) is 10.0 Å². The number of rotatable bonds is 4. The Kier molecular flexibility index (Phi) is 4.31. The summed E-state index contributed by atoms with van der Waals surface area (Å²) in [5, 5.41) is 5.04. The molecule has 0 spiro atoms. The summed E-state index contributed by atoms with van der Waals surface area (Å²) in [5.41, 5.74) is 1.92. The fourth-order valence-corrected chi connectivity index (χ4v) is 1.86. The summed E-state index contributed by atoms with van der Waals surface area (Å²) in [6.45, 7) is 6.23. The third-order valence-corrected chi connectivity index (χ3v) is 3.12. The zero-order valence-electron chi connectivity index (χ0n) is 10.2. The lowest BCUT2D eigenvalue weighted by molar-refractivity contribution is 0.359. The minimum atomic E-state index is -3.64. The molecule has 4 nitrogen and oxygen atoms in total. The summed E-state index contributed by atoms with van der Waals surface area (Å²) in [4.78, 5) is 0.101. The van der Waals surface area contributed by atoms with Crippen LogP contribution in [0, 0.1) is 6.92 Å². The molecule has 0 aliphatic carbocycles. The molecule has 0 bridgehead atoms. The molecule has 0 aromatic heterocycles. The van der Waals surface area contributed by atoms with E-state index >= 15 is 0 Å². The average molecular weight is 255 g/mol. The molecule has 0 saturated heterocycles. The van der Waals surface area contributed by atoms with Crippen molar-refractivity contribution in [2.24, 2.45) is 5.14 Å². The monoisotopic (exact) mass is 255 g/mol. The molecule has 0 saturated carbocycles. The Morgan fingerprint density at radius 1 is 1.41 bits per heavy atom. The second-order valence-corrected chi connectivity index (χ2v) is 5.63. The number of nitrogens with two attached hydrogens (primary N) is 1. The molecule has 0 amide bonds. The number of hydrogen-bond donors (Lipinski definition) is 1. The van der Waals surface area contributed by atoms with Gasteiger partial charge in [-0.2, -0.15) is 0 Å². The number of primary sulfonamides is 1. The third-order valence-electron chi connectivity index (χ3n) is 2.21. The predicted molar refractivity (Wildman–Crippen MR) is 67.5 cm³/mol. The van der Waals surface area contributed by atoms with Crippen LogP contribution in [-0.2, 0) is 10.0 Å². The second-order valence-electron chi connectivity index (χ2n) is 4.06. The van der Waals surface area contributed by atoms with Crippen molar-refractivity contribution >= 4 is 10.0 Å². The first-order valence-electron chi connectivity index (χ1n) is 5.20. The molecule has 0 fully saturated rings. The van der Waals surface area contributed by atoms with Crippen molar-refractivity contribution in [3.8, 4) is 5.75 Å². The molecule has 2 N–H and O–H groups in total. The zero-order valence-corrected chi connectivity index (χ0v) is 11.0. The van der Waals surface area contributed by atoms with Crippen molar-refractivity contribution < 1.29 is 13.2 Å². The molecule has 0 aliphatic heterocycles. The van der Waals surface area contributed by atoms with Gasteiger partial charge < -0.3 is 4.74 Å². The van der Waals surface area contributed by atoms with E-state index in [2.05, 4.69) is 0 Å². The van der Waals surface area contributed by atoms with Crippen molar-refractivity contribution in [1.82, 2.24) is 0 Å². The van der Waals surface area contributed by atoms with E-state index in [4.69, 9.17) is 9.88 Å². The van der Waals surface area contributed by atoms with Crippen molar-refractivity contribution in [2.45, 2.75) is 25.7 Å². The molecule has 1 rings (SSSR count). The largest absolute Gasteiger partial charge is 0.489 e. The summed E-state index contributed by atoms with van der Waals surface area (Å²) in [5.74, 6) is 0.662. The Hall–Kier alpha value is -1.33. The van der Waals surface area contributed by atoms with Gasteiger partial charge in [-0.15, -0.1) is 0 Å². The van der Waals surface area contributed by atoms with E-state index in [1.54, 1.807) is 13.0 Å². The van der Waals surface area contributed by atoms with Gasteiger partial charge in [0, 0.05) is 0 Å².